The van der Waals surface area contributed by atoms with Crippen LogP contribution in [0.3, 0.4) is 0 Å². The Hall–Kier alpha value is 0. The maximum atomic E-state index is 4.22. The third kappa shape index (κ3) is 12.2. The van der Waals surface area contributed by atoms with Crippen LogP contribution in [0.1, 0.15) is 47.5 Å². The van der Waals surface area contributed by atoms with Crippen LogP contribution in [-0.2, 0) is 0 Å². The summed E-state index contributed by atoms with van der Waals surface area (Å²) < 4.78 is 0. The smallest absolute Gasteiger partial charge is 0.191 e. The Labute approximate surface area is 124 Å². The van der Waals surface area contributed by atoms with Crippen LogP contribution in [-0.4, -0.2) is 25.6 Å². The zero-order valence-corrected chi connectivity index (χ0v) is 14.5. The number of hydrogen-bond acceptors (Lipinski definition) is 1. The molecule has 17 heavy (non-hydrogen) atoms. The zero-order valence-electron chi connectivity index (χ0n) is 12.2. The van der Waals surface area contributed by atoms with Crippen LogP contribution in [0.15, 0.2) is 4.99 Å². The topological polar surface area (TPSA) is 36.4 Å². The van der Waals surface area contributed by atoms with E-state index in [1.165, 1.54) is 12.8 Å². The summed E-state index contributed by atoms with van der Waals surface area (Å²) in [7, 11) is 1.82. The molecule has 0 spiro atoms. The van der Waals surface area contributed by atoms with Crippen LogP contribution in [0.2, 0.25) is 0 Å². The van der Waals surface area contributed by atoms with Gasteiger partial charge in [-0.1, -0.05) is 27.7 Å². The molecule has 2 N–H and O–H groups in total. The van der Waals surface area contributed by atoms with Crippen molar-refractivity contribution in [1.29, 1.82) is 0 Å². The van der Waals surface area contributed by atoms with Crippen LogP contribution >= 0.6 is 24.0 Å². The number of nitrogens with one attached hydrogen (secondary N) is 2. The van der Waals surface area contributed by atoms with Gasteiger partial charge in [-0.3, -0.25) is 4.99 Å². The molecule has 0 radical (unpaired) electrons. The second-order valence-electron chi connectivity index (χ2n) is 5.36. The molecule has 0 bridgehead atoms. The van der Waals surface area contributed by atoms with Crippen molar-refractivity contribution in [3.05, 3.63) is 0 Å². The average Bonchev–Trinajstić information content (AvgIpc) is 2.20. The molecule has 1 atom stereocenters. The lowest BCUT2D eigenvalue weighted by atomic mass is 10.0. The molecule has 0 fully saturated rings. The van der Waals surface area contributed by atoms with E-state index in [-0.39, 0.29) is 24.0 Å². The molecule has 0 aliphatic carbocycles. The van der Waals surface area contributed by atoms with E-state index in [4.69, 9.17) is 0 Å². The minimum absolute atomic E-state index is 0. The number of nitrogens with zero attached hydrogens (tertiary/aromatic N) is 1. The summed E-state index contributed by atoms with van der Waals surface area (Å²) in [6.45, 7) is 12.1. The first kappa shape index (κ1) is 19.3. The Morgan fingerprint density at radius 3 is 2.00 bits per heavy atom. The van der Waals surface area contributed by atoms with E-state index in [1.807, 2.05) is 7.05 Å². The molecule has 0 amide bonds. The lowest BCUT2D eigenvalue weighted by Gasteiger charge is -2.19. The summed E-state index contributed by atoms with van der Waals surface area (Å²) in [5.74, 6) is 2.34. The highest BCUT2D eigenvalue weighted by Crippen LogP contribution is 2.06. The molecular formula is C13H30IN3. The molecule has 0 saturated carbocycles. The Kier molecular flexibility index (Phi) is 12.6. The van der Waals surface area contributed by atoms with Gasteiger partial charge in [-0.2, -0.15) is 0 Å². The van der Waals surface area contributed by atoms with Crippen molar-refractivity contribution in [2.45, 2.75) is 53.5 Å². The summed E-state index contributed by atoms with van der Waals surface area (Å²) in [6, 6.07) is 0.487. The van der Waals surface area contributed by atoms with E-state index >= 15 is 0 Å². The van der Waals surface area contributed by atoms with Crippen molar-refractivity contribution in [2.24, 2.45) is 16.8 Å². The summed E-state index contributed by atoms with van der Waals surface area (Å²) >= 11 is 0. The van der Waals surface area contributed by atoms with Gasteiger partial charge in [0.05, 0.1) is 0 Å². The predicted molar refractivity (Wildman–Crippen MR) is 88.3 cm³/mol. The molecule has 1 unspecified atom stereocenters. The molecule has 3 nitrogen and oxygen atoms in total. The van der Waals surface area contributed by atoms with Gasteiger partial charge in [-0.05, 0) is 31.6 Å². The fourth-order valence-corrected chi connectivity index (χ4v) is 1.38. The largest absolute Gasteiger partial charge is 0.356 e. The van der Waals surface area contributed by atoms with Crippen molar-refractivity contribution >= 4 is 29.9 Å². The Morgan fingerprint density at radius 1 is 1.00 bits per heavy atom. The highest BCUT2D eigenvalue weighted by molar-refractivity contribution is 14.0. The third-order valence-corrected chi connectivity index (χ3v) is 2.46. The van der Waals surface area contributed by atoms with Gasteiger partial charge in [0.2, 0.25) is 0 Å². The predicted octanol–water partition coefficient (Wildman–Crippen LogP) is 3.25. The van der Waals surface area contributed by atoms with Gasteiger partial charge < -0.3 is 10.6 Å². The van der Waals surface area contributed by atoms with Crippen molar-refractivity contribution in [3.63, 3.8) is 0 Å². The summed E-state index contributed by atoms with van der Waals surface area (Å²) in [5, 5.41) is 6.74. The molecular weight excluding hydrogens is 325 g/mol. The van der Waals surface area contributed by atoms with Crippen molar-refractivity contribution in [1.82, 2.24) is 10.6 Å². The number of aliphatic imine (C=N–C) groups is 1. The molecule has 0 aliphatic heterocycles. The summed E-state index contributed by atoms with van der Waals surface area (Å²) in [5.41, 5.74) is 0. The first-order valence-corrected chi connectivity index (χ1v) is 6.42. The normalized spacial score (nSPS) is 13.5. The maximum absolute atomic E-state index is 4.22. The quantitative estimate of drug-likeness (QED) is 0.436. The van der Waals surface area contributed by atoms with Gasteiger partial charge in [-0.15, -0.1) is 24.0 Å². The Morgan fingerprint density at radius 2 is 1.59 bits per heavy atom. The van der Waals surface area contributed by atoms with Gasteiger partial charge in [-0.25, -0.2) is 0 Å². The number of hydrogen-bond donors (Lipinski definition) is 2. The van der Waals surface area contributed by atoms with E-state index in [1.54, 1.807) is 0 Å². The summed E-state index contributed by atoms with van der Waals surface area (Å²) in [6.07, 6.45) is 2.45. The van der Waals surface area contributed by atoms with Gasteiger partial charge in [0.15, 0.2) is 5.96 Å². The Balaban J connectivity index is 0. The van der Waals surface area contributed by atoms with Gasteiger partial charge in [0.1, 0.15) is 0 Å². The van der Waals surface area contributed by atoms with Crippen molar-refractivity contribution in [2.75, 3.05) is 13.6 Å². The number of rotatable bonds is 6. The molecule has 0 aromatic heterocycles. The number of guanidine groups is 1. The fourth-order valence-electron chi connectivity index (χ4n) is 1.38. The minimum atomic E-state index is 0. The van der Waals surface area contributed by atoms with E-state index in [0.717, 1.165) is 18.4 Å². The first-order chi connectivity index (χ1) is 7.45. The SMILES string of the molecule is CN=C(NCC(C)C)NC(C)CCC(C)C.I. The second-order valence-corrected chi connectivity index (χ2v) is 5.36. The standard InChI is InChI=1S/C13H29N3.HI/c1-10(2)7-8-12(5)16-13(14-6)15-9-11(3)4;/h10-12H,7-9H2,1-6H3,(H2,14,15,16);1H. The molecule has 0 heterocycles. The second kappa shape index (κ2) is 11.1. The van der Waals surface area contributed by atoms with E-state index < -0.39 is 0 Å². The molecule has 0 aliphatic rings. The molecule has 4 heteroatoms. The Bertz CT molecular complexity index is 203. The average molecular weight is 355 g/mol. The zero-order chi connectivity index (χ0) is 12.6. The highest BCUT2D eigenvalue weighted by atomic mass is 127. The number of halogens is 1. The fraction of sp³-hybridized carbons (Fsp3) is 0.923. The highest BCUT2D eigenvalue weighted by Gasteiger charge is 2.06. The lowest BCUT2D eigenvalue weighted by molar-refractivity contribution is 0.487. The first-order valence-electron chi connectivity index (χ1n) is 6.42. The maximum Gasteiger partial charge on any atom is 0.191 e. The van der Waals surface area contributed by atoms with Crippen molar-refractivity contribution < 1.29 is 0 Å². The molecule has 0 saturated heterocycles. The van der Waals surface area contributed by atoms with Crippen LogP contribution in [0.25, 0.3) is 0 Å². The van der Waals surface area contributed by atoms with Crippen LogP contribution in [0.5, 0.6) is 0 Å². The molecule has 104 valence electrons. The van der Waals surface area contributed by atoms with Crippen LogP contribution in [0, 0.1) is 11.8 Å². The van der Waals surface area contributed by atoms with Gasteiger partial charge in [0.25, 0.3) is 0 Å². The lowest BCUT2D eigenvalue weighted by Crippen LogP contribution is -2.43. The van der Waals surface area contributed by atoms with E-state index in [9.17, 15) is 0 Å². The van der Waals surface area contributed by atoms with Crippen molar-refractivity contribution in [3.8, 4) is 0 Å². The van der Waals surface area contributed by atoms with E-state index in [0.29, 0.717) is 12.0 Å². The van der Waals surface area contributed by atoms with Crippen LogP contribution in [0.4, 0.5) is 0 Å². The van der Waals surface area contributed by atoms with E-state index in [2.05, 4.69) is 50.2 Å². The molecule has 0 rings (SSSR count). The molecule has 0 aromatic carbocycles. The van der Waals surface area contributed by atoms with Gasteiger partial charge in [0, 0.05) is 19.6 Å². The minimum Gasteiger partial charge on any atom is -0.356 e. The monoisotopic (exact) mass is 355 g/mol. The van der Waals surface area contributed by atoms with Gasteiger partial charge >= 0.3 is 0 Å². The summed E-state index contributed by atoms with van der Waals surface area (Å²) in [4.78, 5) is 4.22. The molecule has 0 aromatic rings. The van der Waals surface area contributed by atoms with Crippen LogP contribution < -0.4 is 10.6 Å². The third-order valence-electron chi connectivity index (χ3n) is 2.46.